The molecule has 2 heterocycles. The van der Waals surface area contributed by atoms with Crippen LogP contribution in [0.3, 0.4) is 0 Å². The molecule has 0 bridgehead atoms. The third-order valence-electron chi connectivity index (χ3n) is 3.38. The van der Waals surface area contributed by atoms with Gasteiger partial charge in [0.15, 0.2) is 0 Å². The summed E-state index contributed by atoms with van der Waals surface area (Å²) in [7, 11) is 0. The van der Waals surface area contributed by atoms with Gasteiger partial charge in [0, 0.05) is 12.6 Å². The van der Waals surface area contributed by atoms with Crippen molar-refractivity contribution in [2.45, 2.75) is 38.6 Å². The van der Waals surface area contributed by atoms with Crippen LogP contribution in [0, 0.1) is 0 Å². The summed E-state index contributed by atoms with van der Waals surface area (Å²) in [6.45, 7) is 2.85. The normalized spacial score (nSPS) is 18.9. The molecule has 20 heavy (non-hydrogen) atoms. The van der Waals surface area contributed by atoms with Crippen LogP contribution in [0.4, 0.5) is 0 Å². The molecule has 1 unspecified atom stereocenters. The van der Waals surface area contributed by atoms with Crippen LogP contribution in [0.2, 0.25) is 4.34 Å². The van der Waals surface area contributed by atoms with Gasteiger partial charge in [-0.3, -0.25) is 9.59 Å². The van der Waals surface area contributed by atoms with Crippen LogP contribution < -0.4 is 0 Å². The average Bonchev–Trinajstić information content (AvgIpc) is 2.85. The Kier molecular flexibility index (Phi) is 5.43. The fourth-order valence-corrected chi connectivity index (χ4v) is 3.46. The van der Waals surface area contributed by atoms with Crippen molar-refractivity contribution in [3.63, 3.8) is 0 Å². The lowest BCUT2D eigenvalue weighted by Gasteiger charge is -2.35. The molecular formula is C14H18ClNO3S. The maximum Gasteiger partial charge on any atom is 0.307 e. The van der Waals surface area contributed by atoms with E-state index in [-0.39, 0.29) is 24.3 Å². The largest absolute Gasteiger partial charge is 0.466 e. The number of rotatable bonds is 4. The van der Waals surface area contributed by atoms with Crippen LogP contribution in [0.25, 0.3) is 0 Å². The number of amides is 1. The monoisotopic (exact) mass is 315 g/mol. The first kappa shape index (κ1) is 15.3. The number of hydrogen-bond donors (Lipinski definition) is 0. The van der Waals surface area contributed by atoms with E-state index in [2.05, 4.69) is 0 Å². The summed E-state index contributed by atoms with van der Waals surface area (Å²) in [6.07, 6.45) is 3.14. The number of halogens is 1. The molecule has 1 aromatic heterocycles. The van der Waals surface area contributed by atoms with Gasteiger partial charge in [0.2, 0.25) is 0 Å². The zero-order chi connectivity index (χ0) is 14.5. The van der Waals surface area contributed by atoms with E-state index in [1.54, 1.807) is 24.0 Å². The molecule has 0 radical (unpaired) electrons. The maximum atomic E-state index is 12.5. The van der Waals surface area contributed by atoms with Gasteiger partial charge in [-0.05, 0) is 38.3 Å². The lowest BCUT2D eigenvalue weighted by molar-refractivity contribution is -0.144. The number of esters is 1. The van der Waals surface area contributed by atoms with Crippen molar-refractivity contribution < 1.29 is 14.3 Å². The summed E-state index contributed by atoms with van der Waals surface area (Å²) in [5.41, 5.74) is 0. The zero-order valence-electron chi connectivity index (χ0n) is 11.4. The second kappa shape index (κ2) is 7.09. The lowest BCUT2D eigenvalue weighted by atomic mass is 9.99. The van der Waals surface area contributed by atoms with Crippen molar-refractivity contribution in [1.82, 2.24) is 4.90 Å². The zero-order valence-corrected chi connectivity index (χ0v) is 13.0. The second-order valence-electron chi connectivity index (χ2n) is 4.76. The first-order valence-electron chi connectivity index (χ1n) is 6.83. The highest BCUT2D eigenvalue weighted by atomic mass is 35.5. The molecule has 0 spiro atoms. The van der Waals surface area contributed by atoms with Crippen LogP contribution in [-0.4, -0.2) is 36.0 Å². The predicted molar refractivity (Wildman–Crippen MR) is 79.3 cm³/mol. The molecule has 6 heteroatoms. The summed E-state index contributed by atoms with van der Waals surface area (Å²) >= 11 is 7.16. The van der Waals surface area contributed by atoms with E-state index in [1.165, 1.54) is 11.3 Å². The number of piperidine rings is 1. The predicted octanol–water partition coefficient (Wildman–Crippen LogP) is 3.35. The summed E-state index contributed by atoms with van der Waals surface area (Å²) in [4.78, 5) is 26.6. The Hall–Kier alpha value is -1.07. The van der Waals surface area contributed by atoms with Gasteiger partial charge < -0.3 is 9.64 Å². The average molecular weight is 316 g/mol. The molecule has 0 aromatic carbocycles. The maximum absolute atomic E-state index is 12.5. The summed E-state index contributed by atoms with van der Waals surface area (Å²) in [5.74, 6) is -0.266. The first-order chi connectivity index (χ1) is 9.61. The Balaban J connectivity index is 2.06. The van der Waals surface area contributed by atoms with E-state index in [0.717, 1.165) is 19.3 Å². The van der Waals surface area contributed by atoms with E-state index in [9.17, 15) is 9.59 Å². The standard InChI is InChI=1S/C14H18ClNO3S/c1-2-19-13(17)9-10-5-3-4-8-16(10)14(18)11-6-7-12(15)20-11/h6-7,10H,2-5,8-9H2,1H3. The Morgan fingerprint density at radius 1 is 1.45 bits per heavy atom. The van der Waals surface area contributed by atoms with E-state index in [4.69, 9.17) is 16.3 Å². The minimum atomic E-state index is -0.235. The van der Waals surface area contributed by atoms with E-state index in [0.29, 0.717) is 22.4 Å². The fraction of sp³-hybridized carbons (Fsp3) is 0.571. The molecule has 1 amide bonds. The molecule has 0 aliphatic carbocycles. The number of nitrogens with zero attached hydrogens (tertiary/aromatic N) is 1. The highest BCUT2D eigenvalue weighted by Crippen LogP contribution is 2.27. The summed E-state index contributed by atoms with van der Waals surface area (Å²) in [5, 5.41) is 0. The van der Waals surface area contributed by atoms with Crippen molar-refractivity contribution in [1.29, 1.82) is 0 Å². The van der Waals surface area contributed by atoms with Gasteiger partial charge in [-0.1, -0.05) is 11.6 Å². The number of hydrogen-bond acceptors (Lipinski definition) is 4. The van der Waals surface area contributed by atoms with Crippen molar-refractivity contribution >= 4 is 34.8 Å². The van der Waals surface area contributed by atoms with Gasteiger partial charge in [0.25, 0.3) is 5.91 Å². The molecule has 110 valence electrons. The highest BCUT2D eigenvalue weighted by molar-refractivity contribution is 7.17. The van der Waals surface area contributed by atoms with Crippen molar-refractivity contribution in [3.8, 4) is 0 Å². The molecule has 1 aliphatic rings. The minimum Gasteiger partial charge on any atom is -0.466 e. The number of carbonyl (C=O) groups excluding carboxylic acids is 2. The van der Waals surface area contributed by atoms with Crippen molar-refractivity contribution in [3.05, 3.63) is 21.3 Å². The van der Waals surface area contributed by atoms with Crippen molar-refractivity contribution in [2.75, 3.05) is 13.2 Å². The summed E-state index contributed by atoms with van der Waals surface area (Å²) < 4.78 is 5.59. The SMILES string of the molecule is CCOC(=O)CC1CCCCN1C(=O)c1ccc(Cl)s1. The quantitative estimate of drug-likeness (QED) is 0.800. The van der Waals surface area contributed by atoms with E-state index < -0.39 is 0 Å². The molecule has 2 rings (SSSR count). The molecule has 1 aromatic rings. The number of likely N-dealkylation sites (tertiary alicyclic amines) is 1. The first-order valence-corrected chi connectivity index (χ1v) is 8.03. The Bertz CT molecular complexity index is 489. The molecule has 1 saturated heterocycles. The third kappa shape index (κ3) is 3.73. The fourth-order valence-electron chi connectivity index (χ4n) is 2.46. The van der Waals surface area contributed by atoms with Gasteiger partial charge >= 0.3 is 5.97 Å². The second-order valence-corrected chi connectivity index (χ2v) is 6.48. The Morgan fingerprint density at radius 3 is 2.90 bits per heavy atom. The molecule has 0 saturated carbocycles. The molecule has 1 atom stereocenters. The van der Waals surface area contributed by atoms with Gasteiger partial charge in [-0.25, -0.2) is 0 Å². The Labute approximate surface area is 127 Å². The third-order valence-corrected chi connectivity index (χ3v) is 4.60. The smallest absolute Gasteiger partial charge is 0.307 e. The van der Waals surface area contributed by atoms with Gasteiger partial charge in [-0.15, -0.1) is 11.3 Å². The number of thiophene rings is 1. The minimum absolute atomic E-state index is 0.0316. The Morgan fingerprint density at radius 2 is 2.25 bits per heavy atom. The molecule has 1 aliphatic heterocycles. The van der Waals surface area contributed by atoms with E-state index in [1.807, 2.05) is 0 Å². The van der Waals surface area contributed by atoms with Gasteiger partial charge in [0.05, 0.1) is 22.2 Å². The molecular weight excluding hydrogens is 298 g/mol. The number of ether oxygens (including phenoxy) is 1. The molecule has 0 N–H and O–H groups in total. The van der Waals surface area contributed by atoms with Crippen LogP contribution in [0.15, 0.2) is 12.1 Å². The topological polar surface area (TPSA) is 46.6 Å². The van der Waals surface area contributed by atoms with Gasteiger partial charge in [0.1, 0.15) is 0 Å². The van der Waals surface area contributed by atoms with Crippen LogP contribution >= 0.6 is 22.9 Å². The summed E-state index contributed by atoms with van der Waals surface area (Å²) in [6, 6.07) is 3.41. The number of carbonyl (C=O) groups is 2. The van der Waals surface area contributed by atoms with Gasteiger partial charge in [-0.2, -0.15) is 0 Å². The van der Waals surface area contributed by atoms with E-state index >= 15 is 0 Å². The lowest BCUT2D eigenvalue weighted by Crippen LogP contribution is -2.44. The highest BCUT2D eigenvalue weighted by Gasteiger charge is 2.30. The van der Waals surface area contributed by atoms with Crippen LogP contribution in [-0.2, 0) is 9.53 Å². The van der Waals surface area contributed by atoms with Crippen LogP contribution in [0.5, 0.6) is 0 Å². The van der Waals surface area contributed by atoms with Crippen LogP contribution in [0.1, 0.15) is 42.3 Å². The molecule has 1 fully saturated rings. The molecule has 4 nitrogen and oxygen atoms in total. The van der Waals surface area contributed by atoms with Crippen molar-refractivity contribution in [2.24, 2.45) is 0 Å².